The van der Waals surface area contributed by atoms with Crippen LogP contribution in [0.3, 0.4) is 0 Å². The summed E-state index contributed by atoms with van der Waals surface area (Å²) in [5.41, 5.74) is 0.198. The fourth-order valence-electron chi connectivity index (χ4n) is 2.77. The molecule has 0 aliphatic carbocycles. The van der Waals surface area contributed by atoms with E-state index in [1.807, 2.05) is 0 Å². The molecule has 6 heteroatoms. The summed E-state index contributed by atoms with van der Waals surface area (Å²) in [6.45, 7) is 1.61. The van der Waals surface area contributed by atoms with Crippen molar-refractivity contribution in [3.63, 3.8) is 0 Å². The second kappa shape index (κ2) is 7.03. The smallest absolute Gasteiger partial charge is 0.416 e. The fourth-order valence-corrected chi connectivity index (χ4v) is 2.77. The van der Waals surface area contributed by atoms with Gasteiger partial charge in [-0.15, -0.1) is 0 Å². The molecule has 0 radical (unpaired) electrons. The fraction of sp³-hybridized carbons (Fsp3) is 0.562. The number of benzene rings is 1. The van der Waals surface area contributed by atoms with E-state index in [0.717, 1.165) is 50.2 Å². The molecule has 1 saturated heterocycles. The Kier molecular flexibility index (Phi) is 5.32. The molecule has 1 aromatic carbocycles. The van der Waals surface area contributed by atoms with Crippen molar-refractivity contribution in [2.24, 2.45) is 5.92 Å². The van der Waals surface area contributed by atoms with E-state index in [0.29, 0.717) is 12.3 Å². The van der Waals surface area contributed by atoms with Gasteiger partial charge in [-0.25, -0.2) is 0 Å². The molecule has 1 aliphatic heterocycles. The quantitative estimate of drug-likeness (QED) is 0.790. The number of anilines is 1. The van der Waals surface area contributed by atoms with Gasteiger partial charge in [0.15, 0.2) is 0 Å². The van der Waals surface area contributed by atoms with Gasteiger partial charge in [-0.1, -0.05) is 0 Å². The first-order chi connectivity index (χ1) is 10.4. The van der Waals surface area contributed by atoms with E-state index in [1.54, 1.807) is 0 Å². The van der Waals surface area contributed by atoms with Crippen LogP contribution in [0.1, 0.15) is 31.2 Å². The molecule has 0 spiro atoms. The summed E-state index contributed by atoms with van der Waals surface area (Å²) in [4.78, 5) is 13.2. The van der Waals surface area contributed by atoms with Gasteiger partial charge in [0.05, 0.1) is 12.7 Å². The normalized spacial score (nSPS) is 16.6. The van der Waals surface area contributed by atoms with E-state index >= 15 is 0 Å². The molecular formula is C16H20F3NO2. The minimum atomic E-state index is -4.29. The summed E-state index contributed by atoms with van der Waals surface area (Å²) >= 11 is 0. The van der Waals surface area contributed by atoms with Crippen molar-refractivity contribution in [2.75, 3.05) is 25.1 Å². The molecule has 1 fully saturated rings. The van der Waals surface area contributed by atoms with Crippen LogP contribution < -0.4 is 4.90 Å². The van der Waals surface area contributed by atoms with Crippen LogP contribution in [0.15, 0.2) is 24.3 Å². The van der Waals surface area contributed by atoms with Crippen molar-refractivity contribution < 1.29 is 22.7 Å². The first-order valence-corrected chi connectivity index (χ1v) is 7.39. The summed E-state index contributed by atoms with van der Waals surface area (Å²) in [5.74, 6) is 0.287. The van der Waals surface area contributed by atoms with Crippen LogP contribution in [0.4, 0.5) is 18.9 Å². The topological polar surface area (TPSA) is 29.5 Å². The zero-order valence-electron chi connectivity index (χ0n) is 12.5. The number of methoxy groups -OCH3 is 1. The maximum Gasteiger partial charge on any atom is 0.416 e. The van der Waals surface area contributed by atoms with Gasteiger partial charge < -0.3 is 9.64 Å². The van der Waals surface area contributed by atoms with Crippen LogP contribution in [-0.4, -0.2) is 26.2 Å². The van der Waals surface area contributed by atoms with E-state index in [1.165, 1.54) is 19.2 Å². The number of ether oxygens (including phenoxy) is 1. The second-order valence-corrected chi connectivity index (χ2v) is 5.59. The van der Waals surface area contributed by atoms with Crippen LogP contribution in [0.25, 0.3) is 0 Å². The predicted octanol–water partition coefficient (Wildman–Crippen LogP) is 3.88. The number of nitrogens with zero attached hydrogens (tertiary/aromatic N) is 1. The van der Waals surface area contributed by atoms with Crippen LogP contribution in [-0.2, 0) is 15.7 Å². The van der Waals surface area contributed by atoms with Crippen molar-refractivity contribution in [2.45, 2.75) is 31.9 Å². The summed E-state index contributed by atoms with van der Waals surface area (Å²) in [6, 6.07) is 5.30. The molecule has 0 amide bonds. The summed E-state index contributed by atoms with van der Waals surface area (Å²) in [7, 11) is 1.38. The van der Waals surface area contributed by atoms with Crippen LogP contribution in [0.5, 0.6) is 0 Å². The molecule has 0 saturated carbocycles. The summed E-state index contributed by atoms with van der Waals surface area (Å²) in [6.07, 6.45) is -1.16. The highest BCUT2D eigenvalue weighted by molar-refractivity contribution is 5.69. The van der Waals surface area contributed by atoms with E-state index < -0.39 is 11.7 Å². The lowest BCUT2D eigenvalue weighted by Crippen LogP contribution is -2.33. The average Bonchev–Trinajstić information content (AvgIpc) is 2.52. The molecule has 1 aromatic rings. The van der Waals surface area contributed by atoms with Crippen molar-refractivity contribution in [3.05, 3.63) is 29.8 Å². The molecule has 0 bridgehead atoms. The van der Waals surface area contributed by atoms with Gasteiger partial charge in [0, 0.05) is 25.2 Å². The largest absolute Gasteiger partial charge is 0.469 e. The predicted molar refractivity (Wildman–Crippen MR) is 77.6 cm³/mol. The zero-order chi connectivity index (χ0) is 16.2. The van der Waals surface area contributed by atoms with Gasteiger partial charge in [-0.05, 0) is 49.4 Å². The highest BCUT2D eigenvalue weighted by atomic mass is 19.4. The molecule has 0 aromatic heterocycles. The number of hydrogen-bond donors (Lipinski definition) is 0. The van der Waals surface area contributed by atoms with Gasteiger partial charge >= 0.3 is 12.1 Å². The Balaban J connectivity index is 1.85. The third-order valence-electron chi connectivity index (χ3n) is 4.16. The molecule has 2 rings (SSSR count). The summed E-state index contributed by atoms with van der Waals surface area (Å²) < 4.78 is 42.3. The van der Waals surface area contributed by atoms with E-state index in [4.69, 9.17) is 0 Å². The lowest BCUT2D eigenvalue weighted by molar-refractivity contribution is -0.141. The molecule has 3 nitrogen and oxygen atoms in total. The zero-order valence-corrected chi connectivity index (χ0v) is 12.5. The molecule has 1 heterocycles. The minimum Gasteiger partial charge on any atom is -0.469 e. The van der Waals surface area contributed by atoms with Gasteiger partial charge in [-0.2, -0.15) is 13.2 Å². The third-order valence-corrected chi connectivity index (χ3v) is 4.16. The van der Waals surface area contributed by atoms with Gasteiger partial charge in [0.1, 0.15) is 0 Å². The van der Waals surface area contributed by atoms with Crippen molar-refractivity contribution in [1.29, 1.82) is 0 Å². The Hall–Kier alpha value is -1.72. The molecular weight excluding hydrogens is 295 g/mol. The SMILES string of the molecule is COC(=O)CCC1CCN(c2ccc(C(F)(F)F)cc2)CC1. The molecule has 1 aliphatic rings. The molecule has 122 valence electrons. The molecule has 0 atom stereocenters. The van der Waals surface area contributed by atoms with Crippen LogP contribution >= 0.6 is 0 Å². The third kappa shape index (κ3) is 4.39. The number of halogens is 3. The molecule has 0 unspecified atom stereocenters. The first-order valence-electron chi connectivity index (χ1n) is 7.39. The highest BCUT2D eigenvalue weighted by Crippen LogP contribution is 2.32. The Morgan fingerprint density at radius 2 is 1.82 bits per heavy atom. The van der Waals surface area contributed by atoms with E-state index in [9.17, 15) is 18.0 Å². The second-order valence-electron chi connectivity index (χ2n) is 5.59. The van der Waals surface area contributed by atoms with Gasteiger partial charge in [0.2, 0.25) is 0 Å². The maximum absolute atomic E-state index is 12.5. The molecule has 0 N–H and O–H groups in total. The number of alkyl halides is 3. The monoisotopic (exact) mass is 315 g/mol. The van der Waals surface area contributed by atoms with E-state index in [2.05, 4.69) is 9.64 Å². The number of esters is 1. The van der Waals surface area contributed by atoms with Crippen molar-refractivity contribution in [1.82, 2.24) is 0 Å². The minimum absolute atomic E-state index is 0.190. The van der Waals surface area contributed by atoms with Crippen LogP contribution in [0, 0.1) is 5.92 Å². The summed E-state index contributed by atoms with van der Waals surface area (Å²) in [5, 5.41) is 0. The first kappa shape index (κ1) is 16.6. The maximum atomic E-state index is 12.5. The van der Waals surface area contributed by atoms with Crippen molar-refractivity contribution >= 4 is 11.7 Å². The lowest BCUT2D eigenvalue weighted by atomic mass is 9.92. The Labute approximate surface area is 128 Å². The van der Waals surface area contributed by atoms with E-state index in [-0.39, 0.29) is 5.97 Å². The Morgan fingerprint density at radius 1 is 1.23 bits per heavy atom. The van der Waals surface area contributed by atoms with Crippen molar-refractivity contribution in [3.8, 4) is 0 Å². The standard InChI is InChI=1S/C16H20F3NO2/c1-22-15(21)7-2-12-8-10-20(11-9-12)14-5-3-13(4-6-14)16(17,18)19/h3-6,12H,2,7-11H2,1H3. The average molecular weight is 315 g/mol. The number of piperidine rings is 1. The Bertz CT molecular complexity index is 491. The van der Waals surface area contributed by atoms with Gasteiger partial charge in [0.25, 0.3) is 0 Å². The number of carbonyl (C=O) groups excluding carboxylic acids is 1. The number of hydrogen-bond acceptors (Lipinski definition) is 3. The molecule has 22 heavy (non-hydrogen) atoms. The Morgan fingerprint density at radius 3 is 2.32 bits per heavy atom. The van der Waals surface area contributed by atoms with Crippen LogP contribution in [0.2, 0.25) is 0 Å². The number of rotatable bonds is 4. The highest BCUT2D eigenvalue weighted by Gasteiger charge is 2.30. The number of carbonyl (C=O) groups is 1. The lowest BCUT2D eigenvalue weighted by Gasteiger charge is -2.33. The van der Waals surface area contributed by atoms with Gasteiger partial charge in [-0.3, -0.25) is 4.79 Å².